The molecule has 1 saturated carbocycles. The van der Waals surface area contributed by atoms with Gasteiger partial charge in [-0.05, 0) is 69.8 Å². The van der Waals surface area contributed by atoms with E-state index in [1.807, 2.05) is 27.7 Å². The maximum Gasteiger partial charge on any atom is 0.408 e. The molecule has 1 N–H and O–H groups in total. The molecule has 0 unspecified atom stereocenters. The van der Waals surface area contributed by atoms with E-state index in [9.17, 15) is 9.59 Å². The Hall–Kier alpha value is -1.83. The van der Waals surface area contributed by atoms with Gasteiger partial charge in [-0.15, -0.1) is 0 Å². The predicted octanol–water partition coefficient (Wildman–Crippen LogP) is 4.39. The average molecular weight is 468 g/mol. The summed E-state index contributed by atoms with van der Waals surface area (Å²) < 4.78 is 11.5. The van der Waals surface area contributed by atoms with Crippen molar-refractivity contribution >= 4 is 33.7 Å². The number of halogens is 1. The number of pyridine rings is 1. The molecule has 1 aliphatic heterocycles. The molecular weight excluding hydrogens is 438 g/mol. The number of esters is 1. The van der Waals surface area contributed by atoms with Gasteiger partial charge in [0, 0.05) is 25.2 Å². The van der Waals surface area contributed by atoms with Gasteiger partial charge in [0.2, 0.25) is 0 Å². The lowest BCUT2D eigenvalue weighted by atomic mass is 10.0. The van der Waals surface area contributed by atoms with E-state index in [0.717, 1.165) is 35.1 Å². The third kappa shape index (κ3) is 5.21. The van der Waals surface area contributed by atoms with Crippen molar-refractivity contribution in [3.05, 3.63) is 21.9 Å². The molecule has 0 spiro atoms. The molecule has 0 aromatic carbocycles. The summed E-state index contributed by atoms with van der Waals surface area (Å²) in [4.78, 5) is 31.5. The number of nitrogens with one attached hydrogen (secondary N) is 1. The molecule has 1 atom stereocenters. The Kier molecular flexibility index (Phi) is 6.13. The van der Waals surface area contributed by atoms with Gasteiger partial charge in [0.05, 0.1) is 28.0 Å². The molecule has 1 aromatic rings. The number of anilines is 1. The Balaban J connectivity index is 1.85. The summed E-state index contributed by atoms with van der Waals surface area (Å²) in [5.41, 5.74) is 1.22. The van der Waals surface area contributed by atoms with Gasteiger partial charge in [0.15, 0.2) is 0 Å². The molecule has 29 heavy (non-hydrogen) atoms. The molecule has 1 amide bonds. The Morgan fingerprint density at radius 3 is 2.66 bits per heavy atom. The van der Waals surface area contributed by atoms with Gasteiger partial charge in [-0.1, -0.05) is 0 Å². The zero-order valence-corrected chi connectivity index (χ0v) is 19.4. The lowest BCUT2D eigenvalue weighted by Crippen LogP contribution is -2.49. The second-order valence-electron chi connectivity index (χ2n) is 9.07. The lowest BCUT2D eigenvalue weighted by Gasteiger charge is -2.30. The van der Waals surface area contributed by atoms with Gasteiger partial charge < -0.3 is 19.7 Å². The van der Waals surface area contributed by atoms with Crippen LogP contribution in [0, 0.1) is 0 Å². The number of nitrogens with zero attached hydrogens (tertiary/aromatic N) is 2. The Labute approximate surface area is 180 Å². The minimum atomic E-state index is -0.552. The van der Waals surface area contributed by atoms with Crippen molar-refractivity contribution in [2.45, 2.75) is 70.9 Å². The molecule has 1 aliphatic carbocycles. The third-order valence-electron chi connectivity index (χ3n) is 5.07. The minimum absolute atomic E-state index is 0.304. The number of ether oxygens (including phenoxy) is 2. The van der Waals surface area contributed by atoms with Crippen molar-refractivity contribution in [2.75, 3.05) is 24.6 Å². The maximum absolute atomic E-state index is 12.6. The predicted molar refractivity (Wildman–Crippen MR) is 114 cm³/mol. The highest BCUT2D eigenvalue weighted by Crippen LogP contribution is 2.46. The fourth-order valence-corrected chi connectivity index (χ4v) is 4.49. The fourth-order valence-electron chi connectivity index (χ4n) is 3.60. The number of hydrogen-bond acceptors (Lipinski definition) is 6. The van der Waals surface area contributed by atoms with Crippen LogP contribution in [-0.2, 0) is 9.47 Å². The van der Waals surface area contributed by atoms with Crippen LogP contribution in [0.15, 0.2) is 10.7 Å². The van der Waals surface area contributed by atoms with Gasteiger partial charge in [-0.2, -0.15) is 0 Å². The highest BCUT2D eigenvalue weighted by atomic mass is 79.9. The molecule has 8 heteroatoms. The second-order valence-corrected chi connectivity index (χ2v) is 9.87. The van der Waals surface area contributed by atoms with Crippen molar-refractivity contribution in [3.63, 3.8) is 0 Å². The second kappa shape index (κ2) is 8.13. The Bertz CT molecular complexity index is 804. The number of amides is 1. The quantitative estimate of drug-likeness (QED) is 0.646. The van der Waals surface area contributed by atoms with E-state index in [1.54, 1.807) is 13.1 Å². The number of carbonyl (C=O) groups excluding carboxylic acids is 2. The third-order valence-corrected chi connectivity index (χ3v) is 5.85. The first-order valence-electron chi connectivity index (χ1n) is 10.1. The zero-order chi connectivity index (χ0) is 21.4. The smallest absolute Gasteiger partial charge is 0.408 e. The SMILES string of the molecule is CCOC(=O)c1cnc(C2CC2)c(Br)c1N1CC[C@](C)(NC(=O)OC(C)(C)C)C1. The first kappa shape index (κ1) is 21.9. The molecule has 1 aromatic heterocycles. The van der Waals surface area contributed by atoms with E-state index in [2.05, 4.69) is 31.1 Å². The summed E-state index contributed by atoms with van der Waals surface area (Å²) in [6, 6.07) is 0. The first-order chi connectivity index (χ1) is 13.5. The van der Waals surface area contributed by atoms with E-state index in [0.29, 0.717) is 31.2 Å². The van der Waals surface area contributed by atoms with E-state index < -0.39 is 17.2 Å². The Morgan fingerprint density at radius 1 is 1.38 bits per heavy atom. The summed E-state index contributed by atoms with van der Waals surface area (Å²) in [5.74, 6) is 0.0556. The molecule has 0 bridgehead atoms. The highest BCUT2D eigenvalue weighted by Gasteiger charge is 2.40. The lowest BCUT2D eigenvalue weighted by molar-refractivity contribution is 0.0470. The van der Waals surface area contributed by atoms with Crippen LogP contribution in [-0.4, -0.2) is 47.9 Å². The standard InChI is InChI=1S/C21H30BrN3O4/c1-6-28-18(26)14-11-23-16(13-7-8-13)15(22)17(14)25-10-9-21(5,12-25)24-19(27)29-20(2,3)4/h11,13H,6-10,12H2,1-5H3,(H,24,27)/t21-/m0/s1. The van der Waals surface area contributed by atoms with E-state index >= 15 is 0 Å². The number of rotatable bonds is 5. The summed E-state index contributed by atoms with van der Waals surface area (Å²) in [6.45, 7) is 10.9. The molecule has 2 heterocycles. The van der Waals surface area contributed by atoms with Crippen molar-refractivity contribution in [3.8, 4) is 0 Å². The number of hydrogen-bond donors (Lipinski definition) is 1. The monoisotopic (exact) mass is 467 g/mol. The topological polar surface area (TPSA) is 80.8 Å². The van der Waals surface area contributed by atoms with Gasteiger partial charge in [-0.25, -0.2) is 9.59 Å². The number of alkyl carbamates (subject to hydrolysis) is 1. The van der Waals surface area contributed by atoms with Crippen LogP contribution in [0.4, 0.5) is 10.5 Å². The van der Waals surface area contributed by atoms with Crippen molar-refractivity contribution in [1.29, 1.82) is 0 Å². The van der Waals surface area contributed by atoms with Gasteiger partial charge in [-0.3, -0.25) is 4.98 Å². The summed E-state index contributed by atoms with van der Waals surface area (Å²) >= 11 is 3.71. The molecule has 2 fully saturated rings. The molecule has 1 saturated heterocycles. The largest absolute Gasteiger partial charge is 0.462 e. The molecular formula is C21H30BrN3O4. The highest BCUT2D eigenvalue weighted by molar-refractivity contribution is 9.10. The number of carbonyl (C=O) groups is 2. The minimum Gasteiger partial charge on any atom is -0.462 e. The van der Waals surface area contributed by atoms with Gasteiger partial charge in [0.1, 0.15) is 11.2 Å². The van der Waals surface area contributed by atoms with Crippen molar-refractivity contribution < 1.29 is 19.1 Å². The van der Waals surface area contributed by atoms with Crippen LogP contribution in [0.3, 0.4) is 0 Å². The van der Waals surface area contributed by atoms with Crippen molar-refractivity contribution in [1.82, 2.24) is 10.3 Å². The van der Waals surface area contributed by atoms with Gasteiger partial charge >= 0.3 is 12.1 Å². The summed E-state index contributed by atoms with van der Waals surface area (Å²) in [7, 11) is 0. The van der Waals surface area contributed by atoms with Crippen LogP contribution in [0.1, 0.15) is 75.9 Å². The molecule has 7 nitrogen and oxygen atoms in total. The summed E-state index contributed by atoms with van der Waals surface area (Å²) in [5, 5.41) is 3.00. The van der Waals surface area contributed by atoms with E-state index in [4.69, 9.17) is 9.47 Å². The van der Waals surface area contributed by atoms with Gasteiger partial charge in [0.25, 0.3) is 0 Å². The fraction of sp³-hybridized carbons (Fsp3) is 0.667. The first-order valence-corrected chi connectivity index (χ1v) is 10.9. The molecule has 3 rings (SSSR count). The molecule has 2 aliphatic rings. The zero-order valence-electron chi connectivity index (χ0n) is 17.8. The van der Waals surface area contributed by atoms with Crippen molar-refractivity contribution in [2.24, 2.45) is 0 Å². The number of aromatic nitrogens is 1. The van der Waals surface area contributed by atoms with E-state index in [1.165, 1.54) is 0 Å². The molecule has 0 radical (unpaired) electrons. The van der Waals surface area contributed by atoms with E-state index in [-0.39, 0.29) is 5.97 Å². The Morgan fingerprint density at radius 2 is 2.07 bits per heavy atom. The maximum atomic E-state index is 12.6. The normalized spacial score (nSPS) is 21.8. The van der Waals surface area contributed by atoms with Crippen LogP contribution < -0.4 is 10.2 Å². The van der Waals surface area contributed by atoms with Crippen LogP contribution >= 0.6 is 15.9 Å². The molecule has 160 valence electrons. The average Bonchev–Trinajstić information content (AvgIpc) is 3.35. The van der Waals surface area contributed by atoms with Crippen LogP contribution in [0.25, 0.3) is 0 Å². The van der Waals surface area contributed by atoms with Crippen LogP contribution in [0.2, 0.25) is 0 Å². The van der Waals surface area contributed by atoms with Crippen LogP contribution in [0.5, 0.6) is 0 Å². The summed E-state index contributed by atoms with van der Waals surface area (Å²) in [6.07, 6.45) is 4.16.